The summed E-state index contributed by atoms with van der Waals surface area (Å²) in [6.07, 6.45) is -2.61. The Hall–Kier alpha value is -4.01. The smallest absolute Gasteiger partial charge is 0.370 e. The van der Waals surface area contributed by atoms with E-state index in [1.54, 1.807) is 0 Å². The number of benzene rings is 1. The summed E-state index contributed by atoms with van der Waals surface area (Å²) in [6.45, 7) is -0.376. The minimum atomic E-state index is -4.65. The number of carbonyl (C=O) groups is 2. The van der Waals surface area contributed by atoms with Crippen LogP contribution in [0.2, 0.25) is 0 Å². The van der Waals surface area contributed by atoms with Crippen LogP contribution in [0.3, 0.4) is 0 Å². The van der Waals surface area contributed by atoms with Gasteiger partial charge in [0.25, 0.3) is 11.5 Å². The number of nitrogens with one attached hydrogen (secondary N) is 1. The van der Waals surface area contributed by atoms with Crippen LogP contribution in [0.15, 0.2) is 57.4 Å². The molecule has 0 unspecified atom stereocenters. The highest BCUT2D eigenvalue weighted by atomic mass is 32.2. The molecule has 0 saturated carbocycles. The minimum Gasteiger partial charge on any atom is -0.370 e. The van der Waals surface area contributed by atoms with Gasteiger partial charge in [0.1, 0.15) is 12.2 Å². The second-order valence-corrected chi connectivity index (χ2v) is 9.16. The van der Waals surface area contributed by atoms with E-state index in [2.05, 4.69) is 9.98 Å². The predicted octanol–water partition coefficient (Wildman–Crippen LogP) is 1.03. The molecule has 1 aromatic carbocycles. The second-order valence-electron chi connectivity index (χ2n) is 7.44. The first kappa shape index (κ1) is 28.2. The fourth-order valence-corrected chi connectivity index (χ4v) is 4.13. The van der Waals surface area contributed by atoms with Gasteiger partial charge >= 0.3 is 6.18 Å². The highest BCUT2D eigenvalue weighted by molar-refractivity contribution is 7.91. The van der Waals surface area contributed by atoms with Crippen molar-refractivity contribution in [3.63, 3.8) is 0 Å². The van der Waals surface area contributed by atoms with Gasteiger partial charge in [0.15, 0.2) is 12.2 Å². The average Bonchev–Trinajstić information content (AvgIpc) is 2.77. The Morgan fingerprint density at radius 3 is 2.53 bits per heavy atom. The molecule has 0 bridgehead atoms. The van der Waals surface area contributed by atoms with Gasteiger partial charge < -0.3 is 16.0 Å². The van der Waals surface area contributed by atoms with Gasteiger partial charge in [0.05, 0.1) is 17.0 Å². The lowest BCUT2D eigenvalue weighted by Gasteiger charge is -2.11. The third-order valence-corrected chi connectivity index (χ3v) is 5.74. The van der Waals surface area contributed by atoms with Crippen molar-refractivity contribution in [2.45, 2.75) is 31.3 Å². The predicted molar refractivity (Wildman–Crippen MR) is 127 cm³/mol. The van der Waals surface area contributed by atoms with Gasteiger partial charge in [-0.1, -0.05) is 18.2 Å². The molecule has 0 fully saturated rings. The molecule has 0 aliphatic heterocycles. The number of anilines is 1. The molecule has 11 nitrogen and oxygen atoms in total. The number of pyridine rings is 1. The molecule has 1 aromatic heterocycles. The summed E-state index contributed by atoms with van der Waals surface area (Å²) in [5.74, 6) is -1.79. The van der Waals surface area contributed by atoms with Gasteiger partial charge in [-0.25, -0.2) is 13.4 Å². The topological polar surface area (TPSA) is 179 Å². The number of halogens is 3. The zero-order valence-corrected chi connectivity index (χ0v) is 19.6. The lowest BCUT2D eigenvalue weighted by atomic mass is 10.1. The highest BCUT2D eigenvalue weighted by Crippen LogP contribution is 2.29. The van der Waals surface area contributed by atoms with E-state index in [1.165, 1.54) is 18.3 Å². The van der Waals surface area contributed by atoms with Crippen molar-refractivity contribution in [2.75, 3.05) is 11.3 Å². The number of rotatable bonds is 11. The highest BCUT2D eigenvalue weighted by Gasteiger charge is 2.30. The molecular weight excluding hydrogens is 505 g/mol. The fraction of sp³-hybridized carbons (Fsp3) is 0.286. The van der Waals surface area contributed by atoms with Crippen LogP contribution in [0.1, 0.15) is 24.0 Å². The summed E-state index contributed by atoms with van der Waals surface area (Å²) >= 11 is 0. The molecule has 2 rings (SSSR count). The van der Waals surface area contributed by atoms with E-state index in [9.17, 15) is 36.0 Å². The van der Waals surface area contributed by atoms with Crippen molar-refractivity contribution in [3.8, 4) is 0 Å². The average molecular weight is 529 g/mol. The summed E-state index contributed by atoms with van der Waals surface area (Å²) in [7, 11) is -4.28. The van der Waals surface area contributed by atoms with Crippen LogP contribution in [0.5, 0.6) is 0 Å². The van der Waals surface area contributed by atoms with Crippen molar-refractivity contribution in [3.05, 3.63) is 64.1 Å². The molecule has 0 radical (unpaired) electrons. The molecule has 2 aromatic rings. The molecule has 0 atom stereocenters. The van der Waals surface area contributed by atoms with E-state index in [4.69, 9.17) is 11.5 Å². The first-order valence-electron chi connectivity index (χ1n) is 10.3. The number of aliphatic imine (C=N–C) groups is 2. The number of hydrogen-bond donors (Lipinski definition) is 3. The number of sulfonamides is 1. The third kappa shape index (κ3) is 8.98. The molecule has 5 N–H and O–H groups in total. The number of nitrogens with two attached hydrogens (primary N) is 2. The minimum absolute atomic E-state index is 0.0863. The monoisotopic (exact) mass is 528 g/mol. The SMILES string of the molecule is NC(N)=NCCCC(C=O)=NC(=O)Cn1cccc(NS(=O)(=O)Cc2cccc(C(F)(F)F)c2)c1=O. The van der Waals surface area contributed by atoms with Gasteiger partial charge in [-0.15, -0.1) is 0 Å². The van der Waals surface area contributed by atoms with E-state index in [0.717, 1.165) is 22.8 Å². The van der Waals surface area contributed by atoms with Gasteiger partial charge in [0.2, 0.25) is 10.0 Å². The molecule has 194 valence electrons. The van der Waals surface area contributed by atoms with E-state index < -0.39 is 51.2 Å². The molecule has 0 aliphatic carbocycles. The summed E-state index contributed by atoms with van der Waals surface area (Å²) < 4.78 is 66.5. The Morgan fingerprint density at radius 2 is 1.89 bits per heavy atom. The van der Waals surface area contributed by atoms with Gasteiger partial charge in [0, 0.05) is 12.7 Å². The molecule has 1 heterocycles. The summed E-state index contributed by atoms with van der Waals surface area (Å²) in [6, 6.07) is 6.20. The maximum absolute atomic E-state index is 12.9. The largest absolute Gasteiger partial charge is 0.416 e. The van der Waals surface area contributed by atoms with E-state index >= 15 is 0 Å². The Bertz CT molecular complexity index is 1330. The number of aldehydes is 1. The van der Waals surface area contributed by atoms with Crippen LogP contribution in [0.25, 0.3) is 0 Å². The lowest BCUT2D eigenvalue weighted by Crippen LogP contribution is -2.28. The lowest BCUT2D eigenvalue weighted by molar-refractivity contribution is -0.137. The number of guanidine groups is 1. The molecule has 0 aliphatic rings. The molecule has 0 saturated heterocycles. The number of amides is 1. The van der Waals surface area contributed by atoms with Crippen LogP contribution in [-0.2, 0) is 38.1 Å². The van der Waals surface area contributed by atoms with E-state index in [1.807, 2.05) is 4.72 Å². The Morgan fingerprint density at radius 1 is 1.17 bits per heavy atom. The maximum atomic E-state index is 12.9. The fourth-order valence-electron chi connectivity index (χ4n) is 2.95. The first-order chi connectivity index (χ1) is 16.8. The number of carbonyl (C=O) groups excluding carboxylic acids is 2. The van der Waals surface area contributed by atoms with Crippen molar-refractivity contribution in [1.29, 1.82) is 0 Å². The number of nitrogens with zero attached hydrogens (tertiary/aromatic N) is 3. The van der Waals surface area contributed by atoms with Crippen LogP contribution in [0.4, 0.5) is 18.9 Å². The third-order valence-electron chi connectivity index (χ3n) is 4.49. The normalized spacial score (nSPS) is 12.1. The van der Waals surface area contributed by atoms with E-state index in [-0.39, 0.29) is 30.2 Å². The summed E-state index contributed by atoms with van der Waals surface area (Å²) in [4.78, 5) is 43.4. The van der Waals surface area contributed by atoms with Crippen LogP contribution < -0.4 is 21.7 Å². The summed E-state index contributed by atoms with van der Waals surface area (Å²) in [5.41, 5.74) is 7.83. The molecule has 1 amide bonds. The van der Waals surface area contributed by atoms with Crippen molar-refractivity contribution < 1.29 is 31.2 Å². The number of hydrogen-bond acceptors (Lipinski definition) is 6. The zero-order chi connectivity index (χ0) is 26.9. The van der Waals surface area contributed by atoms with Gasteiger partial charge in [-0.05, 0) is 36.6 Å². The molecule has 36 heavy (non-hydrogen) atoms. The Kier molecular flexibility index (Phi) is 9.49. The molecule has 15 heteroatoms. The summed E-state index contributed by atoms with van der Waals surface area (Å²) in [5, 5.41) is 0. The van der Waals surface area contributed by atoms with Crippen LogP contribution in [0, 0.1) is 0 Å². The Labute approximate surface area is 203 Å². The first-order valence-corrected chi connectivity index (χ1v) is 11.9. The quantitative estimate of drug-likeness (QED) is 0.169. The van der Waals surface area contributed by atoms with Crippen LogP contribution in [-0.4, -0.2) is 43.4 Å². The Balaban J connectivity index is 2.12. The second kappa shape index (κ2) is 12.1. The standard InChI is InChI=1S/C21H23F3N6O5S/c22-21(23,24)15-5-1-4-14(10-15)13-36(34,35)29-17-7-3-9-30(19(17)33)11-18(32)28-16(12-31)6-2-8-27-20(25)26/h1,3-5,7,9-10,12,29H,2,6,8,11,13H2,(H4,25,26,27). The zero-order valence-electron chi connectivity index (χ0n) is 18.7. The number of aromatic nitrogens is 1. The molecular formula is C21H23F3N6O5S. The van der Waals surface area contributed by atoms with Crippen molar-refractivity contribution in [2.24, 2.45) is 21.5 Å². The number of alkyl halides is 3. The van der Waals surface area contributed by atoms with Gasteiger partial charge in [-0.3, -0.25) is 24.1 Å². The van der Waals surface area contributed by atoms with Gasteiger partial charge in [-0.2, -0.15) is 13.2 Å². The van der Waals surface area contributed by atoms with Crippen LogP contribution >= 0.6 is 0 Å². The van der Waals surface area contributed by atoms with E-state index in [0.29, 0.717) is 18.8 Å². The molecule has 0 spiro atoms. The maximum Gasteiger partial charge on any atom is 0.416 e. The van der Waals surface area contributed by atoms with Crippen molar-refractivity contribution >= 4 is 39.6 Å². The van der Waals surface area contributed by atoms with Crippen molar-refractivity contribution in [1.82, 2.24) is 4.57 Å².